The van der Waals surface area contributed by atoms with Crippen LogP contribution < -0.4 is 11.5 Å². The van der Waals surface area contributed by atoms with Crippen molar-refractivity contribution >= 4 is 34.0 Å². The van der Waals surface area contributed by atoms with E-state index in [0.717, 1.165) is 46.7 Å². The third-order valence-corrected chi connectivity index (χ3v) is 6.78. The maximum Gasteiger partial charge on any atom is 0.254 e. The second-order valence-corrected chi connectivity index (χ2v) is 9.12. The van der Waals surface area contributed by atoms with Gasteiger partial charge in [-0.3, -0.25) is 9.59 Å². The number of benzene rings is 3. The maximum atomic E-state index is 13.1. The Kier molecular flexibility index (Phi) is 6.50. The predicted octanol–water partition coefficient (Wildman–Crippen LogP) is 4.63. The molecule has 1 aromatic heterocycles. The van der Waals surface area contributed by atoms with E-state index in [9.17, 15) is 9.59 Å². The fourth-order valence-corrected chi connectivity index (χ4v) is 4.67. The van der Waals surface area contributed by atoms with Crippen LogP contribution in [0.3, 0.4) is 0 Å². The van der Waals surface area contributed by atoms with Crippen LogP contribution in [0.2, 0.25) is 0 Å². The topological polar surface area (TPSA) is 102 Å². The monoisotopic (exact) mass is 476 g/mol. The molecule has 6 nitrogen and oxygen atoms in total. The zero-order valence-corrected chi connectivity index (χ0v) is 20.0. The van der Waals surface area contributed by atoms with Crippen LogP contribution >= 0.6 is 0 Å². The number of anilines is 1. The molecule has 3 aromatic carbocycles. The van der Waals surface area contributed by atoms with Crippen LogP contribution in [-0.4, -0.2) is 34.8 Å². The lowest BCUT2D eigenvalue weighted by molar-refractivity contribution is 0.0772. The van der Waals surface area contributed by atoms with Crippen molar-refractivity contribution in [1.82, 2.24) is 9.88 Å². The number of pyridine rings is 1. The van der Waals surface area contributed by atoms with E-state index < -0.39 is 5.91 Å². The van der Waals surface area contributed by atoms with Gasteiger partial charge in [-0.15, -0.1) is 0 Å². The summed E-state index contributed by atoms with van der Waals surface area (Å²) >= 11 is 0. The van der Waals surface area contributed by atoms with Crippen molar-refractivity contribution < 1.29 is 9.59 Å². The fraction of sp³-hybridized carbons (Fsp3) is 0.167. The van der Waals surface area contributed by atoms with E-state index in [0.29, 0.717) is 30.0 Å². The third kappa shape index (κ3) is 4.98. The molecule has 0 saturated heterocycles. The molecule has 0 atom stereocenters. The van der Waals surface area contributed by atoms with Crippen molar-refractivity contribution in [3.63, 3.8) is 0 Å². The average Bonchev–Trinajstić information content (AvgIpc) is 2.92. The van der Waals surface area contributed by atoms with Crippen molar-refractivity contribution in [2.75, 3.05) is 18.8 Å². The molecule has 180 valence electrons. The summed E-state index contributed by atoms with van der Waals surface area (Å²) in [5.41, 5.74) is 17.2. The Labute approximate surface area is 210 Å². The van der Waals surface area contributed by atoms with Crippen molar-refractivity contribution in [3.8, 4) is 0 Å². The van der Waals surface area contributed by atoms with Crippen molar-refractivity contribution in [2.24, 2.45) is 5.73 Å². The number of nitrogen functional groups attached to an aromatic ring is 1. The molecule has 0 spiro atoms. The van der Waals surface area contributed by atoms with Gasteiger partial charge in [-0.2, -0.15) is 0 Å². The molecule has 0 bridgehead atoms. The number of carbonyl (C=O) groups is 2. The van der Waals surface area contributed by atoms with E-state index in [4.69, 9.17) is 11.5 Å². The Morgan fingerprint density at radius 3 is 2.44 bits per heavy atom. The average molecular weight is 477 g/mol. The highest BCUT2D eigenvalue weighted by molar-refractivity contribution is 5.96. The van der Waals surface area contributed by atoms with E-state index in [1.807, 2.05) is 53.4 Å². The summed E-state index contributed by atoms with van der Waals surface area (Å²) in [6.07, 6.45) is 6.25. The maximum absolute atomic E-state index is 13.1. The van der Waals surface area contributed by atoms with Crippen LogP contribution in [0.25, 0.3) is 16.3 Å². The lowest BCUT2D eigenvalue weighted by Gasteiger charge is -2.27. The minimum atomic E-state index is -0.418. The Morgan fingerprint density at radius 2 is 1.69 bits per heavy atom. The minimum absolute atomic E-state index is 0.0398. The number of hydrogen-bond donors (Lipinski definition) is 2. The number of nitrogens with two attached hydrogens (primary N) is 2. The van der Waals surface area contributed by atoms with Gasteiger partial charge in [-0.1, -0.05) is 42.5 Å². The van der Waals surface area contributed by atoms with Gasteiger partial charge in [-0.05, 0) is 83.3 Å². The number of primary amides is 1. The molecule has 1 aliphatic heterocycles. The standard InChI is InChI=1S/C30H28N4O2/c31-28-27-19-25(11-10-23(27)12-15-33-28)22-13-16-34(17-14-22)30(36)24-8-6-20(7-9-24)4-5-21-2-1-3-26(18-21)29(32)35/h1-3,6-13,15,18-19H,4-5,14,16-17H2,(H2,31,33)(H2,32,35). The van der Waals surface area contributed by atoms with Gasteiger partial charge in [0.25, 0.3) is 5.91 Å². The van der Waals surface area contributed by atoms with Gasteiger partial charge in [0.1, 0.15) is 5.82 Å². The van der Waals surface area contributed by atoms with Crippen molar-refractivity contribution in [3.05, 3.63) is 113 Å². The predicted molar refractivity (Wildman–Crippen MR) is 143 cm³/mol. The number of carbonyl (C=O) groups excluding carboxylic acids is 2. The van der Waals surface area contributed by atoms with Gasteiger partial charge in [0.2, 0.25) is 5.91 Å². The molecule has 0 unspecified atom stereocenters. The summed E-state index contributed by atoms with van der Waals surface area (Å²) in [5, 5.41) is 2.03. The van der Waals surface area contributed by atoms with Gasteiger partial charge >= 0.3 is 0 Å². The molecule has 1 aliphatic rings. The molecule has 4 aromatic rings. The van der Waals surface area contributed by atoms with Gasteiger partial charge < -0.3 is 16.4 Å². The number of rotatable bonds is 6. The second kappa shape index (κ2) is 10.0. The van der Waals surface area contributed by atoms with E-state index in [1.165, 1.54) is 5.57 Å². The zero-order chi connectivity index (χ0) is 25.1. The molecule has 0 radical (unpaired) electrons. The first-order chi connectivity index (χ1) is 17.5. The number of nitrogens with zero attached hydrogens (tertiary/aromatic N) is 2. The summed E-state index contributed by atoms with van der Waals surface area (Å²) in [7, 11) is 0. The van der Waals surface area contributed by atoms with E-state index >= 15 is 0 Å². The first kappa shape index (κ1) is 23.3. The fourth-order valence-electron chi connectivity index (χ4n) is 4.67. The lowest BCUT2D eigenvalue weighted by Crippen LogP contribution is -2.34. The molecular weight excluding hydrogens is 448 g/mol. The van der Waals surface area contributed by atoms with Crippen LogP contribution in [0, 0.1) is 0 Å². The summed E-state index contributed by atoms with van der Waals surface area (Å²) in [6.45, 7) is 1.25. The Bertz CT molecular complexity index is 1470. The highest BCUT2D eigenvalue weighted by atomic mass is 16.2. The molecule has 0 saturated carbocycles. The van der Waals surface area contributed by atoms with Gasteiger partial charge in [-0.25, -0.2) is 4.98 Å². The first-order valence-corrected chi connectivity index (χ1v) is 12.1. The Morgan fingerprint density at radius 1 is 0.889 bits per heavy atom. The highest BCUT2D eigenvalue weighted by Gasteiger charge is 2.19. The SMILES string of the molecule is NC(=O)c1cccc(CCc2ccc(C(=O)N3CC=C(c4ccc5ccnc(N)c5c4)CC3)cc2)c1. The molecular formula is C30H28N4O2. The summed E-state index contributed by atoms with van der Waals surface area (Å²) in [6, 6.07) is 23.4. The van der Waals surface area contributed by atoms with Gasteiger partial charge in [0.15, 0.2) is 0 Å². The molecule has 2 amide bonds. The smallest absolute Gasteiger partial charge is 0.254 e. The largest absolute Gasteiger partial charge is 0.383 e. The molecule has 36 heavy (non-hydrogen) atoms. The van der Waals surface area contributed by atoms with Crippen LogP contribution in [0.5, 0.6) is 0 Å². The molecule has 0 fully saturated rings. The summed E-state index contributed by atoms with van der Waals surface area (Å²) in [4.78, 5) is 30.5. The molecule has 0 aliphatic carbocycles. The van der Waals surface area contributed by atoms with Gasteiger partial charge in [0, 0.05) is 35.8 Å². The summed E-state index contributed by atoms with van der Waals surface area (Å²) < 4.78 is 0. The molecule has 6 heteroatoms. The van der Waals surface area contributed by atoms with Crippen LogP contribution in [0.4, 0.5) is 5.82 Å². The molecule has 2 heterocycles. The van der Waals surface area contributed by atoms with Crippen LogP contribution in [0.15, 0.2) is 85.1 Å². The number of fused-ring (bicyclic) bond motifs is 1. The van der Waals surface area contributed by atoms with Crippen molar-refractivity contribution in [2.45, 2.75) is 19.3 Å². The molecule has 5 rings (SSSR count). The molecule has 4 N–H and O–H groups in total. The van der Waals surface area contributed by atoms with Crippen LogP contribution in [0.1, 0.15) is 43.8 Å². The van der Waals surface area contributed by atoms with E-state index in [2.05, 4.69) is 29.3 Å². The second-order valence-electron chi connectivity index (χ2n) is 9.12. The number of hydrogen-bond acceptors (Lipinski definition) is 4. The quantitative estimate of drug-likeness (QED) is 0.423. The number of aromatic nitrogens is 1. The number of aryl methyl sites for hydroxylation is 2. The Balaban J connectivity index is 1.21. The normalized spacial score (nSPS) is 13.4. The van der Waals surface area contributed by atoms with Crippen molar-refractivity contribution in [1.29, 1.82) is 0 Å². The number of amides is 2. The first-order valence-electron chi connectivity index (χ1n) is 12.1. The van der Waals surface area contributed by atoms with E-state index in [-0.39, 0.29) is 5.91 Å². The van der Waals surface area contributed by atoms with E-state index in [1.54, 1.807) is 12.3 Å². The zero-order valence-electron chi connectivity index (χ0n) is 20.0. The van der Waals surface area contributed by atoms with Crippen LogP contribution in [-0.2, 0) is 12.8 Å². The third-order valence-electron chi connectivity index (χ3n) is 6.78. The lowest BCUT2D eigenvalue weighted by atomic mass is 9.96. The highest BCUT2D eigenvalue weighted by Crippen LogP contribution is 2.28. The summed E-state index contributed by atoms with van der Waals surface area (Å²) in [5.74, 6) is 0.154. The Hall–Kier alpha value is -4.45. The van der Waals surface area contributed by atoms with Gasteiger partial charge in [0.05, 0.1) is 0 Å². The minimum Gasteiger partial charge on any atom is -0.383 e.